The molecule has 0 aromatic heterocycles. The molecule has 1 aromatic carbocycles. The Hall–Kier alpha value is -1.66. The second-order valence-corrected chi connectivity index (χ2v) is 6.92. The third-order valence-electron chi connectivity index (χ3n) is 4.79. The number of ether oxygens (including phenoxy) is 1. The number of hydrogen-bond donors (Lipinski definition) is 2. The summed E-state index contributed by atoms with van der Waals surface area (Å²) in [6.07, 6.45) is 1.69. The van der Waals surface area contributed by atoms with Gasteiger partial charge in [0, 0.05) is 18.8 Å². The van der Waals surface area contributed by atoms with E-state index in [0.717, 1.165) is 6.42 Å². The topological polar surface area (TPSA) is 61.8 Å². The highest BCUT2D eigenvalue weighted by molar-refractivity contribution is 5.93. The van der Waals surface area contributed by atoms with Crippen molar-refractivity contribution in [3.05, 3.63) is 24.0 Å². The van der Waals surface area contributed by atoms with Crippen molar-refractivity contribution in [3.8, 4) is 0 Å². The fraction of sp³-hybridized carbons (Fsp3) is 0.611. The number of anilines is 2. The molecular formula is C18H25FN2O3. The van der Waals surface area contributed by atoms with Crippen LogP contribution in [0.1, 0.15) is 33.1 Å². The molecule has 3 rings (SSSR count). The van der Waals surface area contributed by atoms with E-state index in [2.05, 4.69) is 5.32 Å². The number of nitrogens with zero attached hydrogens (tertiary/aromatic N) is 1. The van der Waals surface area contributed by atoms with Gasteiger partial charge in [-0.1, -0.05) is 0 Å². The van der Waals surface area contributed by atoms with Crippen LogP contribution in [-0.2, 0) is 9.53 Å². The number of carbonyl (C=O) groups is 1. The Morgan fingerprint density at radius 2 is 2.00 bits per heavy atom. The van der Waals surface area contributed by atoms with Crippen molar-refractivity contribution in [2.24, 2.45) is 5.92 Å². The van der Waals surface area contributed by atoms with Crippen molar-refractivity contribution in [2.75, 3.05) is 23.3 Å². The Morgan fingerprint density at radius 3 is 2.58 bits per heavy atom. The normalized spacial score (nSPS) is 30.4. The Morgan fingerprint density at radius 1 is 1.29 bits per heavy atom. The van der Waals surface area contributed by atoms with E-state index in [4.69, 9.17) is 4.74 Å². The first-order valence-corrected chi connectivity index (χ1v) is 8.63. The highest BCUT2D eigenvalue weighted by atomic mass is 19.1. The smallest absolute Gasteiger partial charge is 0.230 e. The summed E-state index contributed by atoms with van der Waals surface area (Å²) in [4.78, 5) is 14.2. The van der Waals surface area contributed by atoms with Gasteiger partial charge in [-0.25, -0.2) is 4.39 Å². The van der Waals surface area contributed by atoms with Crippen LogP contribution in [0, 0.1) is 11.7 Å². The molecule has 0 bridgehead atoms. The minimum atomic E-state index is -0.592. The minimum Gasteiger partial charge on any atom is -0.392 e. The van der Waals surface area contributed by atoms with E-state index in [9.17, 15) is 14.3 Å². The third kappa shape index (κ3) is 3.70. The van der Waals surface area contributed by atoms with Gasteiger partial charge in [0.05, 0.1) is 29.9 Å². The molecule has 4 unspecified atom stereocenters. The molecule has 1 aliphatic carbocycles. The number of carbonyl (C=O) groups excluding carboxylic acids is 1. The van der Waals surface area contributed by atoms with Gasteiger partial charge in [-0.05, 0) is 51.3 Å². The fourth-order valence-corrected chi connectivity index (χ4v) is 3.70. The summed E-state index contributed by atoms with van der Waals surface area (Å²) in [6.45, 7) is 5.23. The first-order valence-electron chi connectivity index (χ1n) is 8.63. The first kappa shape index (κ1) is 17.2. The molecule has 2 aliphatic rings. The van der Waals surface area contributed by atoms with Crippen LogP contribution >= 0.6 is 0 Å². The number of nitrogens with one attached hydrogen (secondary N) is 1. The number of rotatable bonds is 3. The zero-order valence-electron chi connectivity index (χ0n) is 14.2. The molecule has 0 radical (unpaired) electrons. The molecule has 6 heteroatoms. The molecule has 1 heterocycles. The molecule has 24 heavy (non-hydrogen) atoms. The van der Waals surface area contributed by atoms with Gasteiger partial charge in [-0.2, -0.15) is 0 Å². The maximum atomic E-state index is 14.5. The van der Waals surface area contributed by atoms with Crippen molar-refractivity contribution in [1.82, 2.24) is 0 Å². The molecule has 1 aliphatic heterocycles. The van der Waals surface area contributed by atoms with Crippen LogP contribution in [-0.4, -0.2) is 42.4 Å². The molecule has 1 saturated carbocycles. The van der Waals surface area contributed by atoms with Crippen LogP contribution in [0.15, 0.2) is 18.2 Å². The largest absolute Gasteiger partial charge is 0.392 e. The van der Waals surface area contributed by atoms with Crippen molar-refractivity contribution < 1.29 is 19.0 Å². The Balaban J connectivity index is 1.69. The molecule has 0 spiro atoms. The zero-order valence-corrected chi connectivity index (χ0v) is 14.2. The maximum Gasteiger partial charge on any atom is 0.230 e. The summed E-state index contributed by atoms with van der Waals surface area (Å²) >= 11 is 0. The van der Waals surface area contributed by atoms with Crippen LogP contribution in [0.5, 0.6) is 0 Å². The second-order valence-electron chi connectivity index (χ2n) is 6.92. The Labute approximate surface area is 141 Å². The number of halogens is 1. The quantitative estimate of drug-likeness (QED) is 0.890. The molecule has 132 valence electrons. The highest BCUT2D eigenvalue weighted by Crippen LogP contribution is 2.29. The van der Waals surface area contributed by atoms with Gasteiger partial charge in [0.2, 0.25) is 5.91 Å². The van der Waals surface area contributed by atoms with Gasteiger partial charge >= 0.3 is 0 Å². The standard InChI is InChI=1S/C18H25FN2O3/c1-11-9-21(10-12(2)24-11)16-7-6-13(8-15(16)19)20-18(23)14-4-3-5-17(14)22/h6-8,11-12,14,17,22H,3-5,9-10H2,1-2H3,(H,20,23). The lowest BCUT2D eigenvalue weighted by molar-refractivity contribution is -0.122. The molecule has 5 nitrogen and oxygen atoms in total. The van der Waals surface area contributed by atoms with E-state index in [-0.39, 0.29) is 23.9 Å². The zero-order chi connectivity index (χ0) is 17.3. The summed E-state index contributed by atoms with van der Waals surface area (Å²) < 4.78 is 20.2. The number of benzene rings is 1. The van der Waals surface area contributed by atoms with Crippen LogP contribution in [0.25, 0.3) is 0 Å². The van der Waals surface area contributed by atoms with Gasteiger partial charge in [-0.15, -0.1) is 0 Å². The van der Waals surface area contributed by atoms with Gasteiger partial charge in [-0.3, -0.25) is 4.79 Å². The van der Waals surface area contributed by atoms with Crippen LogP contribution in [0.4, 0.5) is 15.8 Å². The van der Waals surface area contributed by atoms with Gasteiger partial charge in [0.1, 0.15) is 5.82 Å². The van der Waals surface area contributed by atoms with Crippen LogP contribution in [0.2, 0.25) is 0 Å². The summed E-state index contributed by atoms with van der Waals surface area (Å²) in [5, 5.41) is 12.5. The van der Waals surface area contributed by atoms with E-state index in [0.29, 0.717) is 37.3 Å². The maximum absolute atomic E-state index is 14.5. The Kier molecular flexibility index (Phi) is 5.06. The molecule has 1 saturated heterocycles. The number of morpholine rings is 1. The van der Waals surface area contributed by atoms with E-state index < -0.39 is 12.0 Å². The molecule has 2 fully saturated rings. The Bertz CT molecular complexity index is 600. The van der Waals surface area contributed by atoms with E-state index in [1.54, 1.807) is 12.1 Å². The average Bonchev–Trinajstić information content (AvgIpc) is 2.92. The highest BCUT2D eigenvalue weighted by Gasteiger charge is 2.31. The lowest BCUT2D eigenvalue weighted by Gasteiger charge is -2.37. The van der Waals surface area contributed by atoms with Crippen molar-refractivity contribution >= 4 is 17.3 Å². The summed E-state index contributed by atoms with van der Waals surface area (Å²) in [5.41, 5.74) is 0.950. The first-order chi connectivity index (χ1) is 11.4. The minimum absolute atomic E-state index is 0.0522. The lowest BCUT2D eigenvalue weighted by atomic mass is 10.1. The third-order valence-corrected chi connectivity index (χ3v) is 4.79. The fourth-order valence-electron chi connectivity index (χ4n) is 3.70. The molecular weight excluding hydrogens is 311 g/mol. The van der Waals surface area contributed by atoms with Crippen molar-refractivity contribution in [1.29, 1.82) is 0 Å². The number of hydrogen-bond acceptors (Lipinski definition) is 4. The van der Waals surface area contributed by atoms with Gasteiger partial charge in [0.15, 0.2) is 0 Å². The molecule has 1 aromatic rings. The number of aliphatic hydroxyl groups is 1. The summed E-state index contributed by atoms with van der Waals surface area (Å²) in [5.74, 6) is -0.990. The lowest BCUT2D eigenvalue weighted by Crippen LogP contribution is -2.45. The summed E-state index contributed by atoms with van der Waals surface area (Å²) in [7, 11) is 0. The van der Waals surface area contributed by atoms with E-state index in [1.165, 1.54) is 6.07 Å². The van der Waals surface area contributed by atoms with Crippen LogP contribution < -0.4 is 10.2 Å². The van der Waals surface area contributed by atoms with E-state index >= 15 is 0 Å². The number of aliphatic hydroxyl groups excluding tert-OH is 1. The predicted molar refractivity (Wildman–Crippen MR) is 90.6 cm³/mol. The van der Waals surface area contributed by atoms with Gasteiger partial charge in [0.25, 0.3) is 0 Å². The van der Waals surface area contributed by atoms with Gasteiger partial charge < -0.3 is 20.1 Å². The van der Waals surface area contributed by atoms with Crippen LogP contribution in [0.3, 0.4) is 0 Å². The molecule has 4 atom stereocenters. The molecule has 2 N–H and O–H groups in total. The monoisotopic (exact) mass is 336 g/mol. The summed E-state index contributed by atoms with van der Waals surface area (Å²) in [6, 6.07) is 4.75. The predicted octanol–water partition coefficient (Wildman–Crippen LogP) is 2.54. The van der Waals surface area contributed by atoms with Crippen molar-refractivity contribution in [2.45, 2.75) is 51.4 Å². The second kappa shape index (κ2) is 7.07. The SMILES string of the molecule is CC1CN(c2ccc(NC(=O)C3CCCC3O)cc2F)CC(C)O1. The van der Waals surface area contributed by atoms with Crippen molar-refractivity contribution in [3.63, 3.8) is 0 Å². The van der Waals surface area contributed by atoms with E-state index in [1.807, 2.05) is 18.7 Å². The average molecular weight is 336 g/mol. The number of amides is 1. The molecule has 1 amide bonds.